The van der Waals surface area contributed by atoms with Crippen LogP contribution in [0.2, 0.25) is 0 Å². The lowest BCUT2D eigenvalue weighted by Gasteiger charge is -2.22. The minimum absolute atomic E-state index is 0.0528. The van der Waals surface area contributed by atoms with E-state index in [0.29, 0.717) is 17.3 Å². The van der Waals surface area contributed by atoms with Crippen LogP contribution in [0.5, 0.6) is 0 Å². The van der Waals surface area contributed by atoms with Gasteiger partial charge in [-0.05, 0) is 12.8 Å². The lowest BCUT2D eigenvalue weighted by Crippen LogP contribution is -2.40. The van der Waals surface area contributed by atoms with Crippen molar-refractivity contribution in [3.8, 4) is 0 Å². The number of nitrogens with zero attached hydrogens (tertiary/aromatic N) is 2. The standard InChI is InChI=1S/C13H20N4O2S/c1-8(2)12-15-7-10(14)11(17-12)13(18)16-9-3-5-20(19)6-4-9/h7-9H,3-6,14H2,1-2H3,(H,16,18). The number of nitrogens with two attached hydrogens (primary N) is 1. The molecule has 6 nitrogen and oxygen atoms in total. The Kier molecular flexibility index (Phi) is 4.69. The number of nitrogens with one attached hydrogen (secondary N) is 1. The average molecular weight is 296 g/mol. The Bertz CT molecular complexity index is 523. The number of hydrogen-bond donors (Lipinski definition) is 2. The van der Waals surface area contributed by atoms with E-state index in [0.717, 1.165) is 12.8 Å². The van der Waals surface area contributed by atoms with Crippen molar-refractivity contribution in [2.45, 2.75) is 38.6 Å². The molecule has 7 heteroatoms. The zero-order chi connectivity index (χ0) is 14.7. The molecule has 1 aromatic rings. The van der Waals surface area contributed by atoms with Crippen LogP contribution in [0.1, 0.15) is 48.9 Å². The van der Waals surface area contributed by atoms with Gasteiger partial charge in [0.25, 0.3) is 5.91 Å². The molecule has 3 N–H and O–H groups in total. The smallest absolute Gasteiger partial charge is 0.272 e. The number of carbonyl (C=O) groups is 1. The van der Waals surface area contributed by atoms with Gasteiger partial charge >= 0.3 is 0 Å². The van der Waals surface area contributed by atoms with Crippen LogP contribution in [-0.4, -0.2) is 37.6 Å². The summed E-state index contributed by atoms with van der Waals surface area (Å²) in [7, 11) is -0.736. The summed E-state index contributed by atoms with van der Waals surface area (Å²) in [5.41, 5.74) is 6.30. The van der Waals surface area contributed by atoms with Gasteiger partial charge in [0, 0.05) is 34.3 Å². The summed E-state index contributed by atoms with van der Waals surface area (Å²) in [4.78, 5) is 20.6. The second-order valence-electron chi connectivity index (χ2n) is 5.28. The van der Waals surface area contributed by atoms with Gasteiger partial charge in [0.1, 0.15) is 5.82 Å². The first-order valence-corrected chi connectivity index (χ1v) is 8.24. The van der Waals surface area contributed by atoms with Crippen molar-refractivity contribution in [3.63, 3.8) is 0 Å². The molecule has 0 unspecified atom stereocenters. The fourth-order valence-corrected chi connectivity index (χ4v) is 3.36. The number of rotatable bonds is 3. The second kappa shape index (κ2) is 6.30. The quantitative estimate of drug-likeness (QED) is 0.860. The van der Waals surface area contributed by atoms with Crippen LogP contribution >= 0.6 is 0 Å². The summed E-state index contributed by atoms with van der Waals surface area (Å²) in [6.45, 7) is 3.92. The highest BCUT2D eigenvalue weighted by molar-refractivity contribution is 7.85. The molecule has 1 amide bonds. The van der Waals surface area contributed by atoms with Gasteiger partial charge < -0.3 is 11.1 Å². The molecule has 1 aliphatic rings. The van der Waals surface area contributed by atoms with E-state index < -0.39 is 10.8 Å². The Morgan fingerprint density at radius 1 is 1.45 bits per heavy atom. The van der Waals surface area contributed by atoms with E-state index in [1.165, 1.54) is 6.20 Å². The molecular formula is C13H20N4O2S. The molecule has 2 rings (SSSR count). The van der Waals surface area contributed by atoms with E-state index in [4.69, 9.17) is 5.73 Å². The monoisotopic (exact) mass is 296 g/mol. The maximum atomic E-state index is 12.2. The molecule has 0 aliphatic carbocycles. The maximum Gasteiger partial charge on any atom is 0.272 e. The van der Waals surface area contributed by atoms with Crippen LogP contribution in [0.4, 0.5) is 5.69 Å². The number of anilines is 1. The van der Waals surface area contributed by atoms with Crippen molar-refractivity contribution in [1.82, 2.24) is 15.3 Å². The zero-order valence-electron chi connectivity index (χ0n) is 11.8. The molecule has 0 atom stereocenters. The van der Waals surface area contributed by atoms with Crippen LogP contribution in [0.3, 0.4) is 0 Å². The second-order valence-corrected chi connectivity index (χ2v) is 6.98. The summed E-state index contributed by atoms with van der Waals surface area (Å²) in [6, 6.07) is 0.0528. The molecule has 1 fully saturated rings. The maximum absolute atomic E-state index is 12.2. The molecule has 2 heterocycles. The fourth-order valence-electron chi connectivity index (χ4n) is 2.06. The van der Waals surface area contributed by atoms with Crippen molar-refractivity contribution >= 4 is 22.4 Å². The predicted octanol–water partition coefficient (Wildman–Crippen LogP) is 0.823. The molecule has 0 saturated carbocycles. The number of aromatic nitrogens is 2. The molecule has 0 aromatic carbocycles. The first kappa shape index (κ1) is 14.9. The Morgan fingerprint density at radius 3 is 2.70 bits per heavy atom. The number of carbonyl (C=O) groups excluding carboxylic acids is 1. The van der Waals surface area contributed by atoms with Crippen LogP contribution in [0.15, 0.2) is 6.20 Å². The molecule has 20 heavy (non-hydrogen) atoms. The Labute approximate surface area is 121 Å². The molecule has 0 radical (unpaired) electrons. The third-order valence-electron chi connectivity index (χ3n) is 3.29. The van der Waals surface area contributed by atoms with E-state index in [1.54, 1.807) is 0 Å². The lowest BCUT2D eigenvalue weighted by molar-refractivity contribution is 0.0930. The van der Waals surface area contributed by atoms with E-state index in [-0.39, 0.29) is 29.2 Å². The van der Waals surface area contributed by atoms with Crippen molar-refractivity contribution in [2.24, 2.45) is 0 Å². The van der Waals surface area contributed by atoms with E-state index in [1.807, 2.05) is 13.8 Å². The van der Waals surface area contributed by atoms with Crippen LogP contribution < -0.4 is 11.1 Å². The first-order chi connectivity index (χ1) is 9.47. The third-order valence-corrected chi connectivity index (χ3v) is 4.67. The van der Waals surface area contributed by atoms with Crippen molar-refractivity contribution in [3.05, 3.63) is 17.7 Å². The highest BCUT2D eigenvalue weighted by Crippen LogP contribution is 2.15. The van der Waals surface area contributed by atoms with Gasteiger partial charge in [0.05, 0.1) is 11.9 Å². The highest BCUT2D eigenvalue weighted by Gasteiger charge is 2.22. The molecule has 1 aromatic heterocycles. The molecule has 0 bridgehead atoms. The minimum atomic E-state index is -0.736. The van der Waals surface area contributed by atoms with Crippen molar-refractivity contribution in [1.29, 1.82) is 0 Å². The van der Waals surface area contributed by atoms with Crippen molar-refractivity contribution < 1.29 is 9.00 Å². The third kappa shape index (κ3) is 3.53. The summed E-state index contributed by atoms with van der Waals surface area (Å²) in [5, 5.41) is 2.92. The normalized spacial score (nSPS) is 22.8. The van der Waals surface area contributed by atoms with Gasteiger partial charge in [-0.25, -0.2) is 9.97 Å². The van der Waals surface area contributed by atoms with Gasteiger partial charge in [0.15, 0.2) is 5.69 Å². The van der Waals surface area contributed by atoms with Crippen molar-refractivity contribution in [2.75, 3.05) is 17.2 Å². The van der Waals surface area contributed by atoms with Gasteiger partial charge in [-0.2, -0.15) is 0 Å². The van der Waals surface area contributed by atoms with Crippen LogP contribution in [0.25, 0.3) is 0 Å². The minimum Gasteiger partial charge on any atom is -0.396 e. The summed E-state index contributed by atoms with van der Waals surface area (Å²) in [6.07, 6.45) is 2.95. The lowest BCUT2D eigenvalue weighted by atomic mass is 10.1. The van der Waals surface area contributed by atoms with E-state index in [9.17, 15) is 9.00 Å². The van der Waals surface area contributed by atoms with Gasteiger partial charge in [0.2, 0.25) is 0 Å². The Balaban J connectivity index is 2.08. The molecule has 1 saturated heterocycles. The molecular weight excluding hydrogens is 276 g/mol. The SMILES string of the molecule is CC(C)c1ncc(N)c(C(=O)NC2CCS(=O)CC2)n1. The number of nitrogen functional groups attached to an aromatic ring is 1. The Hall–Kier alpha value is -1.50. The summed E-state index contributed by atoms with van der Waals surface area (Å²) < 4.78 is 11.3. The average Bonchev–Trinajstić information content (AvgIpc) is 2.41. The van der Waals surface area contributed by atoms with Crippen LogP contribution in [-0.2, 0) is 10.8 Å². The predicted molar refractivity (Wildman–Crippen MR) is 78.9 cm³/mol. The molecule has 1 aliphatic heterocycles. The topological polar surface area (TPSA) is 98.0 Å². The van der Waals surface area contributed by atoms with Gasteiger partial charge in [-0.3, -0.25) is 9.00 Å². The largest absolute Gasteiger partial charge is 0.396 e. The van der Waals surface area contributed by atoms with E-state index >= 15 is 0 Å². The number of amides is 1. The fraction of sp³-hybridized carbons (Fsp3) is 0.615. The summed E-state index contributed by atoms with van der Waals surface area (Å²) >= 11 is 0. The highest BCUT2D eigenvalue weighted by atomic mass is 32.2. The van der Waals surface area contributed by atoms with Gasteiger partial charge in [-0.15, -0.1) is 0 Å². The molecule has 110 valence electrons. The van der Waals surface area contributed by atoms with Gasteiger partial charge in [-0.1, -0.05) is 13.8 Å². The van der Waals surface area contributed by atoms with E-state index in [2.05, 4.69) is 15.3 Å². The zero-order valence-corrected chi connectivity index (χ0v) is 12.6. The van der Waals surface area contributed by atoms with Crippen LogP contribution in [0, 0.1) is 0 Å². The Morgan fingerprint density at radius 2 is 2.10 bits per heavy atom. The number of hydrogen-bond acceptors (Lipinski definition) is 5. The molecule has 0 spiro atoms. The summed E-state index contributed by atoms with van der Waals surface area (Å²) in [5.74, 6) is 1.75. The first-order valence-electron chi connectivity index (χ1n) is 6.75.